The van der Waals surface area contributed by atoms with Crippen LogP contribution in [0.4, 0.5) is 0 Å². The standard InChI is InChI=1S/C27H40N6O5/c1-17(2)10-14-33-19-8-9-22-20(15-19)24(29-31(22)4)26(36)28-11-6-13-32(12-5-7-23(33)35)27(37)25-21(16-34)18(3)38-30-25/h17,19,34H,5-16H2,1-4H3,(H,28,36). The van der Waals surface area contributed by atoms with Crippen molar-refractivity contribution in [2.75, 3.05) is 26.2 Å². The molecule has 3 amide bonds. The molecular weight excluding hydrogens is 488 g/mol. The maximum atomic E-state index is 13.5. The Morgan fingerprint density at radius 1 is 1.21 bits per heavy atom. The van der Waals surface area contributed by atoms with Crippen LogP contribution < -0.4 is 5.32 Å². The minimum atomic E-state index is -0.349. The smallest absolute Gasteiger partial charge is 0.276 e. The van der Waals surface area contributed by atoms with Gasteiger partial charge in [-0.1, -0.05) is 19.0 Å². The predicted molar refractivity (Wildman–Crippen MR) is 139 cm³/mol. The Labute approximate surface area is 223 Å². The van der Waals surface area contributed by atoms with Crippen LogP contribution in [0.2, 0.25) is 0 Å². The average molecular weight is 529 g/mol. The minimum absolute atomic E-state index is 0.0116. The van der Waals surface area contributed by atoms with Gasteiger partial charge in [-0.2, -0.15) is 5.10 Å². The van der Waals surface area contributed by atoms with Crippen LogP contribution in [-0.4, -0.2) is 79.8 Å². The number of nitrogens with zero attached hydrogens (tertiary/aromatic N) is 5. The zero-order valence-electron chi connectivity index (χ0n) is 23.0. The van der Waals surface area contributed by atoms with Gasteiger partial charge in [-0.05, 0) is 51.4 Å². The fourth-order valence-electron chi connectivity index (χ4n) is 5.46. The molecule has 2 bridgehead atoms. The molecule has 0 saturated carbocycles. The Morgan fingerprint density at radius 2 is 1.97 bits per heavy atom. The molecule has 0 aromatic carbocycles. The lowest BCUT2D eigenvalue weighted by molar-refractivity contribution is -0.134. The van der Waals surface area contributed by atoms with E-state index in [1.54, 1.807) is 16.5 Å². The second-order valence-electron chi connectivity index (χ2n) is 10.8. The van der Waals surface area contributed by atoms with E-state index in [1.165, 1.54) is 0 Å². The lowest BCUT2D eigenvalue weighted by Gasteiger charge is -2.35. The molecule has 4 rings (SSSR count). The summed E-state index contributed by atoms with van der Waals surface area (Å²) >= 11 is 0. The van der Waals surface area contributed by atoms with E-state index in [-0.39, 0.29) is 36.1 Å². The molecule has 0 saturated heterocycles. The van der Waals surface area contributed by atoms with Gasteiger partial charge in [0.2, 0.25) is 5.91 Å². The average Bonchev–Trinajstić information content (AvgIpc) is 3.43. The monoisotopic (exact) mass is 528 g/mol. The lowest BCUT2D eigenvalue weighted by atomic mass is 9.89. The van der Waals surface area contributed by atoms with Crippen molar-refractivity contribution in [3.63, 3.8) is 0 Å². The Balaban J connectivity index is 1.60. The highest BCUT2D eigenvalue weighted by atomic mass is 16.5. The number of aliphatic hydroxyl groups excluding tert-OH is 1. The lowest BCUT2D eigenvalue weighted by Crippen LogP contribution is -2.45. The van der Waals surface area contributed by atoms with Crippen molar-refractivity contribution in [1.29, 1.82) is 0 Å². The number of aliphatic hydroxyl groups is 1. The Bertz CT molecular complexity index is 1170. The first-order valence-corrected chi connectivity index (χ1v) is 13.7. The molecule has 2 aromatic rings. The molecule has 11 nitrogen and oxygen atoms in total. The third kappa shape index (κ3) is 5.92. The van der Waals surface area contributed by atoms with Crippen molar-refractivity contribution in [1.82, 2.24) is 30.1 Å². The zero-order valence-corrected chi connectivity index (χ0v) is 23.0. The zero-order chi connectivity index (χ0) is 27.4. The van der Waals surface area contributed by atoms with Crippen LogP contribution in [-0.2, 0) is 31.3 Å². The molecule has 1 aliphatic heterocycles. The van der Waals surface area contributed by atoms with Crippen molar-refractivity contribution in [2.45, 2.75) is 78.4 Å². The largest absolute Gasteiger partial charge is 0.391 e. The van der Waals surface area contributed by atoms with E-state index in [2.05, 4.69) is 29.4 Å². The molecule has 208 valence electrons. The normalized spacial score (nSPS) is 19.4. The van der Waals surface area contributed by atoms with Gasteiger partial charge in [0.1, 0.15) is 5.76 Å². The number of nitrogens with one attached hydrogen (secondary N) is 1. The first-order chi connectivity index (χ1) is 18.2. The van der Waals surface area contributed by atoms with Gasteiger partial charge >= 0.3 is 0 Å². The van der Waals surface area contributed by atoms with Crippen molar-refractivity contribution >= 4 is 17.7 Å². The van der Waals surface area contributed by atoms with Crippen LogP contribution in [0.3, 0.4) is 0 Å². The molecular formula is C27H40N6O5. The fraction of sp³-hybridized carbons (Fsp3) is 0.667. The summed E-state index contributed by atoms with van der Waals surface area (Å²) in [5.41, 5.74) is 2.89. The molecule has 1 atom stereocenters. The third-order valence-electron chi connectivity index (χ3n) is 7.69. The molecule has 11 heteroatoms. The molecule has 2 N–H and O–H groups in total. The second-order valence-corrected chi connectivity index (χ2v) is 10.8. The summed E-state index contributed by atoms with van der Waals surface area (Å²) in [5.74, 6) is 0.352. The molecule has 1 aliphatic carbocycles. The number of hydrogen-bond acceptors (Lipinski definition) is 7. The number of carbonyl (C=O) groups is 3. The first kappa shape index (κ1) is 27.8. The van der Waals surface area contributed by atoms with Crippen molar-refractivity contribution in [3.8, 4) is 0 Å². The van der Waals surface area contributed by atoms with Gasteiger partial charge in [-0.15, -0.1) is 0 Å². The fourth-order valence-corrected chi connectivity index (χ4v) is 5.46. The number of rotatable bonds is 5. The maximum absolute atomic E-state index is 13.5. The van der Waals surface area contributed by atoms with Crippen molar-refractivity contribution < 1.29 is 24.0 Å². The predicted octanol–water partition coefficient (Wildman–Crippen LogP) is 2.00. The maximum Gasteiger partial charge on any atom is 0.276 e. The van der Waals surface area contributed by atoms with Gasteiger partial charge in [0.25, 0.3) is 11.8 Å². The van der Waals surface area contributed by atoms with Crippen LogP contribution in [0, 0.1) is 12.8 Å². The van der Waals surface area contributed by atoms with Crippen molar-refractivity contribution in [2.24, 2.45) is 13.0 Å². The van der Waals surface area contributed by atoms with E-state index in [4.69, 9.17) is 4.52 Å². The molecule has 0 radical (unpaired) electrons. The summed E-state index contributed by atoms with van der Waals surface area (Å²) in [4.78, 5) is 43.6. The quantitative estimate of drug-likeness (QED) is 0.606. The van der Waals surface area contributed by atoms with Crippen LogP contribution in [0.15, 0.2) is 4.52 Å². The summed E-state index contributed by atoms with van der Waals surface area (Å²) in [6, 6.07) is 0.0116. The van der Waals surface area contributed by atoms with Crippen molar-refractivity contribution in [3.05, 3.63) is 34.0 Å². The van der Waals surface area contributed by atoms with E-state index < -0.39 is 0 Å². The number of hydrogen-bond donors (Lipinski definition) is 2. The van der Waals surface area contributed by atoms with Gasteiger partial charge < -0.3 is 24.7 Å². The van der Waals surface area contributed by atoms with Crippen LogP contribution in [0.1, 0.15) is 89.5 Å². The molecule has 0 fully saturated rings. The highest BCUT2D eigenvalue weighted by Crippen LogP contribution is 2.28. The van der Waals surface area contributed by atoms with Gasteiger partial charge in [0.15, 0.2) is 11.4 Å². The first-order valence-electron chi connectivity index (χ1n) is 13.7. The molecule has 3 heterocycles. The van der Waals surface area contributed by atoms with Gasteiger partial charge in [0.05, 0.1) is 12.2 Å². The number of carbonyl (C=O) groups excluding carboxylic acids is 3. The van der Waals surface area contributed by atoms with Crippen LogP contribution in [0.25, 0.3) is 0 Å². The summed E-state index contributed by atoms with van der Waals surface area (Å²) in [5, 5.41) is 21.1. The molecule has 2 aromatic heterocycles. The molecule has 0 spiro atoms. The number of aromatic nitrogens is 3. The molecule has 2 aliphatic rings. The Kier molecular flexibility index (Phi) is 8.86. The topological polar surface area (TPSA) is 134 Å². The summed E-state index contributed by atoms with van der Waals surface area (Å²) in [6.45, 7) is 7.38. The molecule has 1 unspecified atom stereocenters. The molecule has 38 heavy (non-hydrogen) atoms. The van der Waals surface area contributed by atoms with Gasteiger partial charge in [-0.3, -0.25) is 19.1 Å². The number of amides is 3. The van der Waals surface area contributed by atoms with Gasteiger partial charge in [0, 0.05) is 56.9 Å². The minimum Gasteiger partial charge on any atom is -0.391 e. The van der Waals surface area contributed by atoms with E-state index in [9.17, 15) is 19.5 Å². The highest BCUT2D eigenvalue weighted by Gasteiger charge is 2.33. The Hall–Kier alpha value is -3.21. The third-order valence-corrected chi connectivity index (χ3v) is 7.69. The van der Waals surface area contributed by atoms with Crippen LogP contribution >= 0.6 is 0 Å². The van der Waals surface area contributed by atoms with Crippen LogP contribution in [0.5, 0.6) is 0 Å². The van der Waals surface area contributed by atoms with E-state index in [0.29, 0.717) is 74.8 Å². The van der Waals surface area contributed by atoms with E-state index >= 15 is 0 Å². The van der Waals surface area contributed by atoms with Gasteiger partial charge in [-0.25, -0.2) is 0 Å². The summed E-state index contributed by atoms with van der Waals surface area (Å²) in [6.07, 6.45) is 4.48. The second kappa shape index (κ2) is 12.1. The number of aryl methyl sites for hydroxylation is 2. The Morgan fingerprint density at radius 3 is 2.71 bits per heavy atom. The summed E-state index contributed by atoms with van der Waals surface area (Å²) in [7, 11) is 1.87. The number of fused-ring (bicyclic) bond motifs is 1. The van der Waals surface area contributed by atoms with E-state index in [1.807, 2.05) is 11.9 Å². The van der Waals surface area contributed by atoms with E-state index in [0.717, 1.165) is 30.5 Å². The SMILES string of the molecule is Cc1onc(C(=O)N2CCCNC(=O)c3nn(C)c4c3CC(CC4)N(CCC(C)C)C(=O)CCC2)c1CO. The highest BCUT2D eigenvalue weighted by molar-refractivity contribution is 5.94. The summed E-state index contributed by atoms with van der Waals surface area (Å²) < 4.78 is 6.95.